The highest BCUT2D eigenvalue weighted by atomic mass is 16.3. The number of aliphatic hydroxyl groups excluding tert-OH is 1. The third-order valence-corrected chi connectivity index (χ3v) is 2.28. The van der Waals surface area contributed by atoms with Crippen LogP contribution in [0.25, 0.3) is 0 Å². The Morgan fingerprint density at radius 2 is 2.00 bits per heavy atom. The lowest BCUT2D eigenvalue weighted by molar-refractivity contribution is -0.121. The Kier molecular flexibility index (Phi) is 7.42. The van der Waals surface area contributed by atoms with Crippen LogP contribution in [0.2, 0.25) is 0 Å². The number of carbonyl (C=O) groups excluding carboxylic acids is 1. The molecule has 0 aromatic heterocycles. The minimum absolute atomic E-state index is 0.00810. The van der Waals surface area contributed by atoms with Gasteiger partial charge in [0.2, 0.25) is 5.91 Å². The predicted molar refractivity (Wildman–Crippen MR) is 57.1 cm³/mol. The largest absolute Gasteiger partial charge is 0.395 e. The minimum Gasteiger partial charge on any atom is -0.395 e. The van der Waals surface area contributed by atoms with Crippen molar-refractivity contribution in [2.75, 3.05) is 13.2 Å². The Bertz CT molecular complexity index is 158. The Morgan fingerprint density at radius 3 is 2.43 bits per heavy atom. The summed E-state index contributed by atoms with van der Waals surface area (Å²) in [5.74, 6) is -0.00810. The van der Waals surface area contributed by atoms with Gasteiger partial charge >= 0.3 is 0 Å². The van der Waals surface area contributed by atoms with Crippen LogP contribution in [-0.4, -0.2) is 36.2 Å². The molecule has 0 aliphatic carbocycles. The molecule has 84 valence electrons. The van der Waals surface area contributed by atoms with Crippen molar-refractivity contribution >= 4 is 5.91 Å². The summed E-state index contributed by atoms with van der Waals surface area (Å²) in [6.45, 7) is 6.33. The highest BCUT2D eigenvalue weighted by Crippen LogP contribution is 1.89. The Labute approximate surface area is 86.1 Å². The molecule has 0 fully saturated rings. The van der Waals surface area contributed by atoms with Crippen LogP contribution in [-0.2, 0) is 4.79 Å². The molecule has 0 aromatic rings. The summed E-state index contributed by atoms with van der Waals surface area (Å²) in [6, 6.07) is 0.246. The number of hydrogen-bond acceptors (Lipinski definition) is 3. The van der Waals surface area contributed by atoms with Crippen molar-refractivity contribution in [3.8, 4) is 0 Å². The molecule has 0 saturated heterocycles. The summed E-state index contributed by atoms with van der Waals surface area (Å²) in [5.41, 5.74) is 0. The number of carbonyl (C=O) groups is 1. The van der Waals surface area contributed by atoms with Crippen molar-refractivity contribution in [3.63, 3.8) is 0 Å². The fourth-order valence-electron chi connectivity index (χ4n) is 1.00. The van der Waals surface area contributed by atoms with Gasteiger partial charge in [0.05, 0.1) is 13.2 Å². The van der Waals surface area contributed by atoms with E-state index in [1.54, 1.807) is 0 Å². The van der Waals surface area contributed by atoms with Crippen LogP contribution in [0.4, 0.5) is 0 Å². The van der Waals surface area contributed by atoms with E-state index in [2.05, 4.69) is 10.6 Å². The third-order valence-electron chi connectivity index (χ3n) is 2.28. The van der Waals surface area contributed by atoms with Crippen LogP contribution in [0.1, 0.15) is 33.6 Å². The van der Waals surface area contributed by atoms with Crippen molar-refractivity contribution in [2.24, 2.45) is 0 Å². The molecule has 0 heterocycles. The quantitative estimate of drug-likeness (QED) is 0.555. The van der Waals surface area contributed by atoms with Gasteiger partial charge in [-0.25, -0.2) is 0 Å². The molecular weight excluding hydrogens is 180 g/mol. The van der Waals surface area contributed by atoms with Crippen LogP contribution in [0.5, 0.6) is 0 Å². The first-order valence-electron chi connectivity index (χ1n) is 5.27. The maximum Gasteiger partial charge on any atom is 0.234 e. The summed E-state index contributed by atoms with van der Waals surface area (Å²) in [5, 5.41) is 14.7. The predicted octanol–water partition coefficient (Wildman–Crippen LogP) is 0.262. The Hall–Kier alpha value is -0.610. The SMILES string of the molecule is CCC(C)NC(=O)CNC(CC)CO. The molecule has 2 unspecified atom stereocenters. The van der Waals surface area contributed by atoms with E-state index in [1.165, 1.54) is 0 Å². The molecule has 0 aliphatic heterocycles. The van der Waals surface area contributed by atoms with Gasteiger partial charge in [-0.2, -0.15) is 0 Å². The van der Waals surface area contributed by atoms with E-state index in [9.17, 15) is 4.79 Å². The van der Waals surface area contributed by atoms with Gasteiger partial charge in [0.1, 0.15) is 0 Å². The number of aliphatic hydroxyl groups is 1. The molecule has 0 spiro atoms. The average Bonchev–Trinajstić information content (AvgIpc) is 2.19. The molecule has 0 bridgehead atoms. The van der Waals surface area contributed by atoms with Gasteiger partial charge in [-0.3, -0.25) is 4.79 Å². The van der Waals surface area contributed by atoms with Crippen molar-refractivity contribution in [2.45, 2.75) is 45.7 Å². The molecule has 2 atom stereocenters. The summed E-state index contributed by atoms with van der Waals surface area (Å²) >= 11 is 0. The molecule has 14 heavy (non-hydrogen) atoms. The van der Waals surface area contributed by atoms with Crippen molar-refractivity contribution in [1.82, 2.24) is 10.6 Å². The smallest absolute Gasteiger partial charge is 0.234 e. The summed E-state index contributed by atoms with van der Waals surface area (Å²) in [4.78, 5) is 11.3. The maximum absolute atomic E-state index is 11.3. The molecular formula is C10H22N2O2. The summed E-state index contributed by atoms with van der Waals surface area (Å²) in [7, 11) is 0. The zero-order valence-electron chi connectivity index (χ0n) is 9.34. The fraction of sp³-hybridized carbons (Fsp3) is 0.900. The highest BCUT2D eigenvalue weighted by Gasteiger charge is 2.08. The second-order valence-electron chi connectivity index (χ2n) is 3.55. The van der Waals surface area contributed by atoms with E-state index in [0.717, 1.165) is 12.8 Å². The Morgan fingerprint density at radius 1 is 1.36 bits per heavy atom. The lowest BCUT2D eigenvalue weighted by Crippen LogP contribution is -2.43. The first-order valence-corrected chi connectivity index (χ1v) is 5.27. The summed E-state index contributed by atoms with van der Waals surface area (Å²) in [6.07, 6.45) is 1.76. The van der Waals surface area contributed by atoms with Crippen LogP contribution in [0, 0.1) is 0 Å². The van der Waals surface area contributed by atoms with Crippen LogP contribution in [0.15, 0.2) is 0 Å². The minimum atomic E-state index is -0.00810. The van der Waals surface area contributed by atoms with Gasteiger partial charge in [0, 0.05) is 12.1 Å². The van der Waals surface area contributed by atoms with Gasteiger partial charge in [0.25, 0.3) is 0 Å². The second-order valence-corrected chi connectivity index (χ2v) is 3.55. The van der Waals surface area contributed by atoms with E-state index in [1.807, 2.05) is 20.8 Å². The molecule has 0 radical (unpaired) electrons. The number of nitrogens with one attached hydrogen (secondary N) is 2. The van der Waals surface area contributed by atoms with Crippen LogP contribution >= 0.6 is 0 Å². The van der Waals surface area contributed by atoms with Crippen molar-refractivity contribution in [1.29, 1.82) is 0 Å². The third kappa shape index (κ3) is 5.94. The van der Waals surface area contributed by atoms with Gasteiger partial charge in [-0.1, -0.05) is 13.8 Å². The number of amides is 1. The van der Waals surface area contributed by atoms with Gasteiger partial charge < -0.3 is 15.7 Å². The molecule has 1 amide bonds. The molecule has 4 nitrogen and oxygen atoms in total. The lowest BCUT2D eigenvalue weighted by Gasteiger charge is -2.15. The summed E-state index contributed by atoms with van der Waals surface area (Å²) < 4.78 is 0. The van der Waals surface area contributed by atoms with E-state index < -0.39 is 0 Å². The molecule has 3 N–H and O–H groups in total. The number of hydrogen-bond donors (Lipinski definition) is 3. The molecule has 0 aromatic carbocycles. The van der Waals surface area contributed by atoms with Crippen LogP contribution in [0.3, 0.4) is 0 Å². The standard InChI is InChI=1S/C10H22N2O2/c1-4-8(3)12-10(14)6-11-9(5-2)7-13/h8-9,11,13H,4-7H2,1-3H3,(H,12,14). The highest BCUT2D eigenvalue weighted by molar-refractivity contribution is 5.78. The average molecular weight is 202 g/mol. The monoisotopic (exact) mass is 202 g/mol. The zero-order valence-corrected chi connectivity index (χ0v) is 9.34. The van der Waals surface area contributed by atoms with Gasteiger partial charge in [0.15, 0.2) is 0 Å². The van der Waals surface area contributed by atoms with Gasteiger partial charge in [-0.15, -0.1) is 0 Å². The zero-order chi connectivity index (χ0) is 11.0. The lowest BCUT2D eigenvalue weighted by atomic mass is 10.2. The number of rotatable bonds is 7. The van der Waals surface area contributed by atoms with Crippen LogP contribution < -0.4 is 10.6 Å². The molecule has 4 heteroatoms. The maximum atomic E-state index is 11.3. The molecule has 0 rings (SSSR count). The van der Waals surface area contributed by atoms with E-state index in [0.29, 0.717) is 0 Å². The van der Waals surface area contributed by atoms with E-state index in [4.69, 9.17) is 5.11 Å². The molecule has 0 aliphatic rings. The normalized spacial score (nSPS) is 14.9. The first-order chi connectivity index (χ1) is 6.63. The second kappa shape index (κ2) is 7.76. The topological polar surface area (TPSA) is 61.4 Å². The first kappa shape index (κ1) is 13.4. The van der Waals surface area contributed by atoms with Gasteiger partial charge in [-0.05, 0) is 19.8 Å². The fourth-order valence-corrected chi connectivity index (χ4v) is 1.00. The van der Waals surface area contributed by atoms with E-state index in [-0.39, 0.29) is 31.1 Å². The molecule has 0 saturated carbocycles. The van der Waals surface area contributed by atoms with Crippen molar-refractivity contribution < 1.29 is 9.90 Å². The van der Waals surface area contributed by atoms with E-state index >= 15 is 0 Å². The Balaban J connectivity index is 3.62. The van der Waals surface area contributed by atoms with Crippen molar-refractivity contribution in [3.05, 3.63) is 0 Å².